The molecule has 0 aliphatic rings. The summed E-state index contributed by atoms with van der Waals surface area (Å²) in [7, 11) is 0. The van der Waals surface area contributed by atoms with Crippen molar-refractivity contribution in [2.24, 2.45) is 5.92 Å². The largest absolute Gasteiger partial charge is 0.441 e. The first-order valence-electron chi connectivity index (χ1n) is 9.18. The fourth-order valence-electron chi connectivity index (χ4n) is 2.85. The van der Waals surface area contributed by atoms with E-state index in [0.717, 1.165) is 5.56 Å². The number of urea groups is 1. The number of oxazole rings is 1. The van der Waals surface area contributed by atoms with Crippen LogP contribution in [0.1, 0.15) is 25.3 Å². The number of carbonyl (C=O) groups is 2. The Labute approximate surface area is 163 Å². The number of carbonyl (C=O) groups excluding carboxylic acids is 2. The van der Waals surface area contributed by atoms with Crippen LogP contribution in [0, 0.1) is 12.8 Å². The lowest BCUT2D eigenvalue weighted by atomic mass is 10.0. The highest BCUT2D eigenvalue weighted by atomic mass is 16.3. The van der Waals surface area contributed by atoms with Gasteiger partial charge in [-0.15, -0.1) is 0 Å². The Bertz CT molecular complexity index is 966. The summed E-state index contributed by atoms with van der Waals surface area (Å²) < 4.78 is 5.44. The Hall–Kier alpha value is -3.35. The molecule has 0 saturated heterocycles. The Morgan fingerprint density at radius 2 is 1.86 bits per heavy atom. The maximum absolute atomic E-state index is 12.7. The smallest absolute Gasteiger partial charge is 0.315 e. The van der Waals surface area contributed by atoms with Crippen molar-refractivity contribution < 1.29 is 14.0 Å². The van der Waals surface area contributed by atoms with Crippen molar-refractivity contribution in [2.75, 3.05) is 5.32 Å². The van der Waals surface area contributed by atoms with E-state index in [2.05, 4.69) is 20.9 Å². The number of anilines is 1. The number of nitrogens with zero attached hydrogens (tertiary/aromatic N) is 1. The van der Waals surface area contributed by atoms with Gasteiger partial charge in [0.05, 0.1) is 0 Å². The minimum absolute atomic E-state index is 0.0829. The molecule has 7 heteroatoms. The molecule has 0 saturated carbocycles. The Morgan fingerprint density at radius 1 is 1.11 bits per heavy atom. The lowest BCUT2D eigenvalue weighted by Gasteiger charge is -2.22. The van der Waals surface area contributed by atoms with Crippen molar-refractivity contribution >= 4 is 28.7 Å². The molecule has 0 fully saturated rings. The Morgan fingerprint density at radius 3 is 2.57 bits per heavy atom. The molecule has 0 radical (unpaired) electrons. The van der Waals surface area contributed by atoms with Crippen molar-refractivity contribution in [1.29, 1.82) is 0 Å². The predicted octanol–water partition coefficient (Wildman–Crippen LogP) is 3.60. The summed E-state index contributed by atoms with van der Waals surface area (Å²) in [4.78, 5) is 29.2. The predicted molar refractivity (Wildman–Crippen MR) is 108 cm³/mol. The van der Waals surface area contributed by atoms with E-state index in [1.165, 1.54) is 0 Å². The zero-order chi connectivity index (χ0) is 20.1. The first-order valence-corrected chi connectivity index (χ1v) is 9.18. The second-order valence-corrected chi connectivity index (χ2v) is 6.94. The van der Waals surface area contributed by atoms with Gasteiger partial charge in [0, 0.05) is 19.2 Å². The molecule has 146 valence electrons. The van der Waals surface area contributed by atoms with Crippen LogP contribution in [-0.4, -0.2) is 23.0 Å². The van der Waals surface area contributed by atoms with Gasteiger partial charge in [-0.3, -0.25) is 4.79 Å². The van der Waals surface area contributed by atoms with E-state index in [1.54, 1.807) is 25.1 Å². The molecule has 3 rings (SSSR count). The number of nitrogens with one attached hydrogen (secondary N) is 3. The van der Waals surface area contributed by atoms with Crippen LogP contribution < -0.4 is 16.0 Å². The van der Waals surface area contributed by atoms with E-state index in [1.807, 2.05) is 44.2 Å². The molecule has 7 nitrogen and oxygen atoms in total. The summed E-state index contributed by atoms with van der Waals surface area (Å²) in [5.74, 6) is 0.195. The number of rotatable bonds is 6. The standard InChI is InChI=1S/C21H24N4O3/c1-13(2)19(25-21(27)22-12-15-7-5-4-6-8-15)20(26)24-16-9-10-18-17(11-16)23-14(3)28-18/h4-11,13,19H,12H2,1-3H3,(H,24,26)(H2,22,25,27). The highest BCUT2D eigenvalue weighted by molar-refractivity contribution is 5.98. The molecule has 0 bridgehead atoms. The van der Waals surface area contributed by atoms with Gasteiger partial charge in [0.2, 0.25) is 5.91 Å². The number of hydrogen-bond acceptors (Lipinski definition) is 4. The van der Waals surface area contributed by atoms with Gasteiger partial charge in [0.25, 0.3) is 0 Å². The topological polar surface area (TPSA) is 96.3 Å². The molecule has 1 unspecified atom stereocenters. The van der Waals surface area contributed by atoms with Gasteiger partial charge in [-0.05, 0) is 29.7 Å². The van der Waals surface area contributed by atoms with Crippen molar-refractivity contribution in [3.8, 4) is 0 Å². The first-order chi connectivity index (χ1) is 13.4. The van der Waals surface area contributed by atoms with E-state index in [-0.39, 0.29) is 17.9 Å². The zero-order valence-corrected chi connectivity index (χ0v) is 16.2. The molecule has 28 heavy (non-hydrogen) atoms. The van der Waals surface area contributed by atoms with Crippen LogP contribution in [0.15, 0.2) is 52.9 Å². The highest BCUT2D eigenvalue weighted by Gasteiger charge is 2.24. The molecule has 1 heterocycles. The normalized spacial score (nSPS) is 12.0. The van der Waals surface area contributed by atoms with Crippen molar-refractivity contribution in [1.82, 2.24) is 15.6 Å². The second-order valence-electron chi connectivity index (χ2n) is 6.94. The summed E-state index contributed by atoms with van der Waals surface area (Å²) in [6, 6.07) is 13.8. The number of aryl methyl sites for hydroxylation is 1. The van der Waals surface area contributed by atoms with Crippen LogP contribution in [-0.2, 0) is 11.3 Å². The van der Waals surface area contributed by atoms with Crippen molar-refractivity contribution in [3.63, 3.8) is 0 Å². The fraction of sp³-hybridized carbons (Fsp3) is 0.286. The van der Waals surface area contributed by atoms with Crippen molar-refractivity contribution in [3.05, 3.63) is 60.0 Å². The highest BCUT2D eigenvalue weighted by Crippen LogP contribution is 2.20. The van der Waals surface area contributed by atoms with Gasteiger partial charge in [-0.25, -0.2) is 9.78 Å². The lowest BCUT2D eigenvalue weighted by molar-refractivity contribution is -0.118. The monoisotopic (exact) mass is 380 g/mol. The van der Waals surface area contributed by atoms with Crippen LogP contribution in [0.3, 0.4) is 0 Å². The number of hydrogen-bond donors (Lipinski definition) is 3. The number of benzene rings is 2. The van der Waals surface area contributed by atoms with Crippen LogP contribution in [0.4, 0.5) is 10.5 Å². The Kier molecular flexibility index (Phi) is 5.93. The molecule has 1 atom stereocenters. The molecule has 3 amide bonds. The maximum atomic E-state index is 12.7. The van der Waals surface area contributed by atoms with Crippen LogP contribution in [0.25, 0.3) is 11.1 Å². The average molecular weight is 380 g/mol. The summed E-state index contributed by atoms with van der Waals surface area (Å²) in [5, 5.41) is 8.37. The van der Waals surface area contributed by atoms with E-state index >= 15 is 0 Å². The van der Waals surface area contributed by atoms with E-state index in [9.17, 15) is 9.59 Å². The number of fused-ring (bicyclic) bond motifs is 1. The third-order valence-electron chi connectivity index (χ3n) is 4.29. The third kappa shape index (κ3) is 4.88. The van der Waals surface area contributed by atoms with Gasteiger partial charge < -0.3 is 20.4 Å². The molecule has 0 spiro atoms. The molecule has 3 N–H and O–H groups in total. The van der Waals surface area contributed by atoms with Gasteiger partial charge in [-0.1, -0.05) is 44.2 Å². The van der Waals surface area contributed by atoms with Crippen LogP contribution >= 0.6 is 0 Å². The fourth-order valence-corrected chi connectivity index (χ4v) is 2.85. The summed E-state index contributed by atoms with van der Waals surface area (Å²) >= 11 is 0. The van der Waals surface area contributed by atoms with Crippen LogP contribution in [0.5, 0.6) is 0 Å². The molecular formula is C21H24N4O3. The third-order valence-corrected chi connectivity index (χ3v) is 4.29. The summed E-state index contributed by atoms with van der Waals surface area (Å²) in [6.07, 6.45) is 0. The maximum Gasteiger partial charge on any atom is 0.315 e. The second kappa shape index (κ2) is 8.56. The van der Waals surface area contributed by atoms with Crippen molar-refractivity contribution in [2.45, 2.75) is 33.4 Å². The van der Waals surface area contributed by atoms with Crippen LogP contribution in [0.2, 0.25) is 0 Å². The molecule has 3 aromatic rings. The molecular weight excluding hydrogens is 356 g/mol. The minimum Gasteiger partial charge on any atom is -0.441 e. The number of aromatic nitrogens is 1. The zero-order valence-electron chi connectivity index (χ0n) is 16.2. The average Bonchev–Trinajstić information content (AvgIpc) is 3.04. The molecule has 0 aliphatic carbocycles. The van der Waals surface area contributed by atoms with Gasteiger partial charge >= 0.3 is 6.03 Å². The van der Waals surface area contributed by atoms with E-state index in [0.29, 0.717) is 29.2 Å². The first kappa shape index (κ1) is 19.4. The molecule has 2 aromatic carbocycles. The van der Waals surface area contributed by atoms with Gasteiger partial charge in [0.15, 0.2) is 11.5 Å². The SMILES string of the molecule is Cc1nc2cc(NC(=O)C(NC(=O)NCc3ccccc3)C(C)C)ccc2o1. The number of amides is 3. The van der Waals surface area contributed by atoms with E-state index < -0.39 is 6.04 Å². The van der Waals surface area contributed by atoms with Gasteiger partial charge in [-0.2, -0.15) is 0 Å². The molecule has 1 aromatic heterocycles. The summed E-state index contributed by atoms with van der Waals surface area (Å²) in [5.41, 5.74) is 2.92. The lowest BCUT2D eigenvalue weighted by Crippen LogP contribution is -2.50. The minimum atomic E-state index is -0.675. The van der Waals surface area contributed by atoms with Gasteiger partial charge in [0.1, 0.15) is 11.6 Å². The Balaban J connectivity index is 1.61. The summed E-state index contributed by atoms with van der Waals surface area (Å²) in [6.45, 7) is 5.92. The quantitative estimate of drug-likeness (QED) is 0.609. The van der Waals surface area contributed by atoms with E-state index in [4.69, 9.17) is 4.42 Å². The molecule has 0 aliphatic heterocycles.